The van der Waals surface area contributed by atoms with Gasteiger partial charge in [0.1, 0.15) is 11.4 Å². The fourth-order valence-electron chi connectivity index (χ4n) is 2.56. The Labute approximate surface area is 154 Å². The minimum Gasteiger partial charge on any atom is -0.478 e. The molecule has 0 radical (unpaired) electrons. The van der Waals surface area contributed by atoms with Crippen molar-refractivity contribution in [2.45, 2.75) is 33.5 Å². The number of carbonyl (C=O) groups is 1. The molecule has 150 valence electrons. The number of aryl methyl sites for hydroxylation is 2. The first-order valence-electron chi connectivity index (χ1n) is 8.27. The molecule has 0 fully saturated rings. The van der Waals surface area contributed by atoms with E-state index in [9.17, 15) is 18.0 Å². The Bertz CT molecular complexity index is 812. The van der Waals surface area contributed by atoms with Gasteiger partial charge < -0.3 is 15.4 Å². The number of aromatic nitrogens is 4. The molecule has 2 rings (SSSR count). The van der Waals surface area contributed by atoms with Gasteiger partial charge in [-0.05, 0) is 25.8 Å². The minimum absolute atomic E-state index is 0.0260. The molecular formula is C16H23F3N6O2. The van der Waals surface area contributed by atoms with Crippen molar-refractivity contribution in [2.24, 2.45) is 13.0 Å². The van der Waals surface area contributed by atoms with Gasteiger partial charge in [0, 0.05) is 20.1 Å². The number of hydrogen-bond acceptors (Lipinski definition) is 4. The highest BCUT2D eigenvalue weighted by Gasteiger charge is 2.35. The average Bonchev–Trinajstić information content (AvgIpc) is 3.07. The number of urea groups is 1. The maximum atomic E-state index is 13.0. The monoisotopic (exact) mass is 388 g/mol. The second-order valence-corrected chi connectivity index (χ2v) is 6.38. The molecule has 0 aromatic carbocycles. The normalized spacial score (nSPS) is 12.7. The zero-order valence-corrected chi connectivity index (χ0v) is 15.8. The van der Waals surface area contributed by atoms with Gasteiger partial charge in [0.15, 0.2) is 0 Å². The van der Waals surface area contributed by atoms with E-state index in [-0.39, 0.29) is 24.9 Å². The van der Waals surface area contributed by atoms with Crippen molar-refractivity contribution >= 4 is 11.7 Å². The van der Waals surface area contributed by atoms with Gasteiger partial charge in [-0.3, -0.25) is 9.36 Å². The Hall–Kier alpha value is -2.72. The molecule has 11 heteroatoms. The first kappa shape index (κ1) is 20.6. The molecule has 2 aromatic rings. The first-order valence-corrected chi connectivity index (χ1v) is 8.27. The van der Waals surface area contributed by atoms with E-state index in [0.717, 1.165) is 10.7 Å². The molecule has 2 aromatic heterocycles. The number of nitrogens with zero attached hydrogens (tertiary/aromatic N) is 4. The predicted molar refractivity (Wildman–Crippen MR) is 92.6 cm³/mol. The Morgan fingerprint density at radius 1 is 1.33 bits per heavy atom. The summed E-state index contributed by atoms with van der Waals surface area (Å²) >= 11 is 0. The van der Waals surface area contributed by atoms with Crippen LogP contribution >= 0.6 is 0 Å². The van der Waals surface area contributed by atoms with Crippen molar-refractivity contribution in [2.75, 3.05) is 19.0 Å². The number of ether oxygens (including phenoxy) is 1. The van der Waals surface area contributed by atoms with Crippen LogP contribution in [-0.2, 0) is 19.8 Å². The van der Waals surface area contributed by atoms with Crippen LogP contribution in [0.4, 0.5) is 23.7 Å². The highest BCUT2D eigenvalue weighted by molar-refractivity contribution is 5.91. The smallest absolute Gasteiger partial charge is 0.433 e. The summed E-state index contributed by atoms with van der Waals surface area (Å²) in [4.78, 5) is 12.1. The molecule has 0 saturated heterocycles. The van der Waals surface area contributed by atoms with Crippen LogP contribution < -0.4 is 15.4 Å². The average molecular weight is 388 g/mol. The summed E-state index contributed by atoms with van der Waals surface area (Å²) in [5.74, 6) is 0.00748. The number of carbonyl (C=O) groups excluding carboxylic acids is 1. The van der Waals surface area contributed by atoms with Crippen LogP contribution in [0, 0.1) is 19.8 Å². The number of rotatable bonds is 6. The Morgan fingerprint density at radius 3 is 2.59 bits per heavy atom. The highest BCUT2D eigenvalue weighted by atomic mass is 19.4. The number of anilines is 1. The number of halogens is 3. The number of alkyl halides is 3. The molecule has 2 heterocycles. The quantitative estimate of drug-likeness (QED) is 0.797. The van der Waals surface area contributed by atoms with E-state index in [1.807, 2.05) is 0 Å². The van der Waals surface area contributed by atoms with Gasteiger partial charge in [-0.15, -0.1) is 5.10 Å². The van der Waals surface area contributed by atoms with Gasteiger partial charge in [-0.2, -0.15) is 18.3 Å². The first-order chi connectivity index (χ1) is 12.5. The second-order valence-electron chi connectivity index (χ2n) is 6.38. The maximum Gasteiger partial charge on any atom is 0.433 e. The number of hydrogen-bond donors (Lipinski definition) is 2. The molecule has 1 atom stereocenters. The lowest BCUT2D eigenvalue weighted by atomic mass is 10.2. The van der Waals surface area contributed by atoms with Crippen molar-refractivity contribution in [3.8, 4) is 5.88 Å². The van der Waals surface area contributed by atoms with E-state index >= 15 is 0 Å². The Morgan fingerprint density at radius 2 is 2.00 bits per heavy atom. The van der Waals surface area contributed by atoms with Crippen molar-refractivity contribution in [1.82, 2.24) is 24.9 Å². The molecule has 0 aliphatic carbocycles. The highest BCUT2D eigenvalue weighted by Crippen LogP contribution is 2.30. The van der Waals surface area contributed by atoms with Crippen LogP contribution in [0.3, 0.4) is 0 Å². The van der Waals surface area contributed by atoms with Crippen LogP contribution in [-0.4, -0.2) is 39.2 Å². The molecule has 1 unspecified atom stereocenters. The summed E-state index contributed by atoms with van der Waals surface area (Å²) in [7, 11) is 3.16. The van der Waals surface area contributed by atoms with Crippen molar-refractivity contribution in [3.05, 3.63) is 23.1 Å². The van der Waals surface area contributed by atoms with Gasteiger partial charge >= 0.3 is 12.2 Å². The van der Waals surface area contributed by atoms with E-state index in [2.05, 4.69) is 20.8 Å². The minimum atomic E-state index is -4.47. The number of nitrogens with one attached hydrogen (secondary N) is 2. The standard InChI is InChI=1S/C16H23F3N6O2/c1-9(8-25-12(16(17,18)19)6-10(2)22-25)7-20-15(26)21-13-11(3)24(4)23-14(13)27-5/h6,9H,7-8H2,1-5H3,(H2,20,21,26). The third kappa shape index (κ3) is 4.92. The van der Waals surface area contributed by atoms with Crippen LogP contribution in [0.1, 0.15) is 24.0 Å². The third-order valence-electron chi connectivity index (χ3n) is 4.02. The van der Waals surface area contributed by atoms with E-state index in [1.54, 1.807) is 25.6 Å². The third-order valence-corrected chi connectivity index (χ3v) is 4.02. The summed E-state index contributed by atoms with van der Waals surface area (Å²) in [6.45, 7) is 5.20. The van der Waals surface area contributed by atoms with Gasteiger partial charge in [0.2, 0.25) is 0 Å². The molecule has 0 spiro atoms. The van der Waals surface area contributed by atoms with E-state index in [1.165, 1.54) is 14.0 Å². The zero-order valence-electron chi connectivity index (χ0n) is 15.8. The molecule has 0 aliphatic heterocycles. The fourth-order valence-corrected chi connectivity index (χ4v) is 2.56. The van der Waals surface area contributed by atoms with Crippen LogP contribution in [0.15, 0.2) is 6.07 Å². The predicted octanol–water partition coefficient (Wildman–Crippen LogP) is 2.72. The van der Waals surface area contributed by atoms with Crippen molar-refractivity contribution in [1.29, 1.82) is 0 Å². The zero-order chi connectivity index (χ0) is 20.4. The molecule has 0 saturated carbocycles. The molecular weight excluding hydrogens is 365 g/mol. The Kier molecular flexibility index (Phi) is 6.01. The maximum absolute atomic E-state index is 13.0. The van der Waals surface area contributed by atoms with E-state index in [0.29, 0.717) is 17.1 Å². The lowest BCUT2D eigenvalue weighted by Gasteiger charge is -2.16. The topological polar surface area (TPSA) is 86.0 Å². The van der Waals surface area contributed by atoms with Crippen LogP contribution in [0.5, 0.6) is 5.88 Å². The summed E-state index contributed by atoms with van der Waals surface area (Å²) in [5.41, 5.74) is 0.635. The lowest BCUT2D eigenvalue weighted by Crippen LogP contribution is -2.34. The van der Waals surface area contributed by atoms with Gasteiger partial charge in [0.05, 0.1) is 18.5 Å². The summed E-state index contributed by atoms with van der Waals surface area (Å²) in [6.07, 6.45) is -4.47. The van der Waals surface area contributed by atoms with Crippen molar-refractivity contribution < 1.29 is 22.7 Å². The van der Waals surface area contributed by atoms with E-state index < -0.39 is 17.9 Å². The molecule has 0 bridgehead atoms. The van der Waals surface area contributed by atoms with E-state index in [4.69, 9.17) is 4.74 Å². The molecule has 0 aliphatic rings. The number of methoxy groups -OCH3 is 1. The molecule has 27 heavy (non-hydrogen) atoms. The van der Waals surface area contributed by atoms with Crippen LogP contribution in [0.2, 0.25) is 0 Å². The SMILES string of the molecule is COc1nn(C)c(C)c1NC(=O)NCC(C)Cn1nc(C)cc1C(F)(F)F. The molecule has 2 N–H and O–H groups in total. The summed E-state index contributed by atoms with van der Waals surface area (Å²) in [5, 5.41) is 13.3. The van der Waals surface area contributed by atoms with Gasteiger partial charge in [-0.25, -0.2) is 4.79 Å². The largest absolute Gasteiger partial charge is 0.478 e. The van der Waals surface area contributed by atoms with Crippen molar-refractivity contribution in [3.63, 3.8) is 0 Å². The lowest BCUT2D eigenvalue weighted by molar-refractivity contribution is -0.144. The molecule has 8 nitrogen and oxygen atoms in total. The van der Waals surface area contributed by atoms with Gasteiger partial charge in [0.25, 0.3) is 5.88 Å². The second kappa shape index (κ2) is 7.89. The van der Waals surface area contributed by atoms with Crippen LogP contribution in [0.25, 0.3) is 0 Å². The summed E-state index contributed by atoms with van der Waals surface area (Å²) < 4.78 is 46.7. The Balaban J connectivity index is 1.95. The molecule has 2 amide bonds. The fraction of sp³-hybridized carbons (Fsp3) is 0.562. The summed E-state index contributed by atoms with van der Waals surface area (Å²) in [6, 6.07) is 0.508. The number of amides is 2. The van der Waals surface area contributed by atoms with Gasteiger partial charge in [-0.1, -0.05) is 6.92 Å².